The summed E-state index contributed by atoms with van der Waals surface area (Å²) >= 11 is 0. The average molecular weight is 216 g/mol. The number of ether oxygens (including phenoxy) is 2. The Morgan fingerprint density at radius 2 is 1.87 bits per heavy atom. The van der Waals surface area contributed by atoms with Crippen LogP contribution in [-0.4, -0.2) is 36.6 Å². The molecule has 5 unspecified atom stereocenters. The summed E-state index contributed by atoms with van der Waals surface area (Å²) < 4.78 is 10.9. The summed E-state index contributed by atoms with van der Waals surface area (Å²) in [6.07, 6.45) is 1.07. The minimum atomic E-state index is -0.341. The van der Waals surface area contributed by atoms with Gasteiger partial charge in [-0.2, -0.15) is 0 Å². The van der Waals surface area contributed by atoms with Crippen LogP contribution in [0.3, 0.4) is 0 Å². The molecule has 3 nitrogen and oxygen atoms in total. The Bertz CT molecular complexity index is 189. The van der Waals surface area contributed by atoms with E-state index < -0.39 is 0 Å². The zero-order valence-electron chi connectivity index (χ0n) is 10.4. The van der Waals surface area contributed by atoms with Crippen molar-refractivity contribution in [1.82, 2.24) is 0 Å². The van der Waals surface area contributed by atoms with Crippen LogP contribution in [0, 0.1) is 11.8 Å². The maximum Gasteiger partial charge on any atom is 0.111 e. The Labute approximate surface area is 92.8 Å². The molecule has 1 N–H and O–H groups in total. The van der Waals surface area contributed by atoms with Crippen molar-refractivity contribution in [3.63, 3.8) is 0 Å². The summed E-state index contributed by atoms with van der Waals surface area (Å²) in [6.45, 7) is 8.28. The quantitative estimate of drug-likeness (QED) is 0.689. The first-order chi connectivity index (χ1) is 7.02. The predicted octanol–water partition coefficient (Wildman–Crippen LogP) is 1.83. The number of rotatable bonds is 6. The molecule has 0 aromatic heterocycles. The third-order valence-electron chi connectivity index (χ3n) is 3.39. The maximum absolute atomic E-state index is 9.85. The monoisotopic (exact) mass is 216 g/mol. The van der Waals surface area contributed by atoms with Crippen LogP contribution in [-0.2, 0) is 9.47 Å². The van der Waals surface area contributed by atoms with E-state index in [1.807, 2.05) is 13.8 Å². The van der Waals surface area contributed by atoms with Crippen molar-refractivity contribution in [1.29, 1.82) is 0 Å². The number of hydrogen-bond donors (Lipinski definition) is 1. The van der Waals surface area contributed by atoms with Gasteiger partial charge in [0.1, 0.15) is 6.10 Å². The minimum absolute atomic E-state index is 0.0178. The summed E-state index contributed by atoms with van der Waals surface area (Å²) in [5, 5.41) is 9.85. The summed E-state index contributed by atoms with van der Waals surface area (Å²) in [5.74, 6) is 0.619. The van der Waals surface area contributed by atoms with Crippen molar-refractivity contribution >= 4 is 0 Å². The molecular weight excluding hydrogens is 192 g/mol. The topological polar surface area (TPSA) is 42.0 Å². The predicted molar refractivity (Wildman–Crippen MR) is 59.8 cm³/mol. The lowest BCUT2D eigenvalue weighted by atomic mass is 9.92. The van der Waals surface area contributed by atoms with Crippen LogP contribution in [0.4, 0.5) is 0 Å². The van der Waals surface area contributed by atoms with Gasteiger partial charge in [-0.25, -0.2) is 0 Å². The highest BCUT2D eigenvalue weighted by molar-refractivity contribution is 4.96. The van der Waals surface area contributed by atoms with E-state index in [-0.39, 0.29) is 30.3 Å². The van der Waals surface area contributed by atoms with Gasteiger partial charge < -0.3 is 14.6 Å². The van der Waals surface area contributed by atoms with Gasteiger partial charge in [0.05, 0.1) is 18.3 Å². The van der Waals surface area contributed by atoms with Gasteiger partial charge in [-0.15, -0.1) is 0 Å². The van der Waals surface area contributed by atoms with Crippen molar-refractivity contribution in [2.45, 2.75) is 58.5 Å². The van der Waals surface area contributed by atoms with Gasteiger partial charge in [0.15, 0.2) is 0 Å². The van der Waals surface area contributed by atoms with Crippen LogP contribution in [0.2, 0.25) is 0 Å². The first-order valence-electron chi connectivity index (χ1n) is 5.89. The molecular formula is C12H24O3. The first kappa shape index (κ1) is 12.9. The van der Waals surface area contributed by atoms with Gasteiger partial charge in [-0.1, -0.05) is 27.7 Å². The fraction of sp³-hybridized carbons (Fsp3) is 1.00. The zero-order valence-corrected chi connectivity index (χ0v) is 10.4. The standard InChI is InChI=1S/C12H24O3/c1-6-9(14-5)8(4)11-12(15-11)10(13)7(2)3/h7-13H,6H2,1-5H3. The van der Waals surface area contributed by atoms with E-state index in [1.165, 1.54) is 0 Å². The number of aliphatic hydroxyl groups excluding tert-OH is 1. The van der Waals surface area contributed by atoms with Crippen molar-refractivity contribution < 1.29 is 14.6 Å². The van der Waals surface area contributed by atoms with Crippen LogP contribution in [0.25, 0.3) is 0 Å². The highest BCUT2D eigenvalue weighted by Crippen LogP contribution is 2.37. The van der Waals surface area contributed by atoms with Crippen LogP contribution >= 0.6 is 0 Å². The van der Waals surface area contributed by atoms with Crippen LogP contribution in [0.5, 0.6) is 0 Å². The summed E-state index contributed by atoms with van der Waals surface area (Å²) in [6, 6.07) is 0. The molecule has 90 valence electrons. The smallest absolute Gasteiger partial charge is 0.111 e. The molecule has 0 spiro atoms. The minimum Gasteiger partial charge on any atom is -0.390 e. The highest BCUT2D eigenvalue weighted by Gasteiger charge is 2.49. The Morgan fingerprint density at radius 3 is 2.27 bits per heavy atom. The molecule has 0 radical (unpaired) electrons. The Morgan fingerprint density at radius 1 is 1.27 bits per heavy atom. The summed E-state index contributed by atoms with van der Waals surface area (Å²) in [4.78, 5) is 0. The largest absolute Gasteiger partial charge is 0.390 e. The van der Waals surface area contributed by atoms with Gasteiger partial charge in [0, 0.05) is 13.0 Å². The van der Waals surface area contributed by atoms with E-state index in [0.717, 1.165) is 6.42 Å². The molecule has 0 bridgehead atoms. The molecule has 15 heavy (non-hydrogen) atoms. The van der Waals surface area contributed by atoms with E-state index in [2.05, 4.69) is 13.8 Å². The third-order valence-corrected chi connectivity index (χ3v) is 3.39. The molecule has 0 aromatic rings. The van der Waals surface area contributed by atoms with Gasteiger partial charge >= 0.3 is 0 Å². The van der Waals surface area contributed by atoms with Crippen LogP contribution in [0.15, 0.2) is 0 Å². The SMILES string of the molecule is CCC(OC)C(C)C1OC1C(O)C(C)C. The molecule has 3 heteroatoms. The van der Waals surface area contributed by atoms with Crippen LogP contribution < -0.4 is 0 Å². The second-order valence-corrected chi connectivity index (χ2v) is 4.84. The fourth-order valence-corrected chi connectivity index (χ4v) is 2.18. The van der Waals surface area contributed by atoms with E-state index in [4.69, 9.17) is 9.47 Å². The molecule has 1 saturated heterocycles. The van der Waals surface area contributed by atoms with Gasteiger partial charge in [-0.3, -0.25) is 0 Å². The molecule has 0 aliphatic carbocycles. The van der Waals surface area contributed by atoms with Gasteiger partial charge in [-0.05, 0) is 12.3 Å². The van der Waals surface area contributed by atoms with E-state index in [9.17, 15) is 5.11 Å². The highest BCUT2D eigenvalue weighted by atomic mass is 16.6. The van der Waals surface area contributed by atoms with E-state index >= 15 is 0 Å². The first-order valence-corrected chi connectivity index (χ1v) is 5.89. The van der Waals surface area contributed by atoms with Crippen molar-refractivity contribution in [2.75, 3.05) is 7.11 Å². The molecule has 1 heterocycles. The second kappa shape index (κ2) is 5.28. The lowest BCUT2D eigenvalue weighted by Gasteiger charge is -2.20. The van der Waals surface area contributed by atoms with Crippen molar-refractivity contribution in [2.24, 2.45) is 11.8 Å². The van der Waals surface area contributed by atoms with Gasteiger partial charge in [0.2, 0.25) is 0 Å². The van der Waals surface area contributed by atoms with Crippen LogP contribution in [0.1, 0.15) is 34.1 Å². The summed E-state index contributed by atoms with van der Waals surface area (Å²) in [5.41, 5.74) is 0. The molecule has 5 atom stereocenters. The molecule has 0 amide bonds. The molecule has 0 saturated carbocycles. The molecule has 1 fully saturated rings. The molecule has 1 aliphatic rings. The molecule has 1 rings (SSSR count). The Kier molecular flexibility index (Phi) is 4.56. The number of aliphatic hydroxyl groups is 1. The lowest BCUT2D eigenvalue weighted by molar-refractivity contribution is 0.0445. The number of methoxy groups -OCH3 is 1. The van der Waals surface area contributed by atoms with Gasteiger partial charge in [0.25, 0.3) is 0 Å². The zero-order chi connectivity index (χ0) is 11.6. The maximum atomic E-state index is 9.85. The fourth-order valence-electron chi connectivity index (χ4n) is 2.18. The molecule has 0 aromatic carbocycles. The number of epoxide rings is 1. The van der Waals surface area contributed by atoms with Crippen molar-refractivity contribution in [3.8, 4) is 0 Å². The average Bonchev–Trinajstić information content (AvgIpc) is 2.97. The second-order valence-electron chi connectivity index (χ2n) is 4.84. The normalized spacial score (nSPS) is 31.4. The lowest BCUT2D eigenvalue weighted by Crippen LogP contribution is -2.30. The third kappa shape index (κ3) is 2.92. The summed E-state index contributed by atoms with van der Waals surface area (Å²) in [7, 11) is 1.74. The number of hydrogen-bond acceptors (Lipinski definition) is 3. The Hall–Kier alpha value is -0.120. The molecule has 1 aliphatic heterocycles. The van der Waals surface area contributed by atoms with Crippen molar-refractivity contribution in [3.05, 3.63) is 0 Å². The Balaban J connectivity index is 2.42. The van der Waals surface area contributed by atoms with E-state index in [0.29, 0.717) is 5.92 Å². The van der Waals surface area contributed by atoms with E-state index in [1.54, 1.807) is 7.11 Å².